The lowest BCUT2D eigenvalue weighted by molar-refractivity contribution is 0.0905. The van der Waals surface area contributed by atoms with Gasteiger partial charge in [0.25, 0.3) is 5.91 Å². The molecule has 25 heavy (non-hydrogen) atoms. The molecule has 1 aromatic carbocycles. The van der Waals surface area contributed by atoms with Crippen LogP contribution < -0.4 is 10.1 Å². The molecule has 8 heteroatoms. The van der Waals surface area contributed by atoms with E-state index in [4.69, 9.17) is 9.47 Å². The van der Waals surface area contributed by atoms with Gasteiger partial charge in [-0.05, 0) is 12.1 Å². The molecule has 2 aromatic heterocycles. The molecule has 8 nitrogen and oxygen atoms in total. The number of hydrogen-bond donors (Lipinski definition) is 1. The number of aryl methyl sites for hydroxylation is 2. The van der Waals surface area contributed by atoms with Crippen molar-refractivity contribution in [3.63, 3.8) is 0 Å². The number of carbonyl (C=O) groups excluding carboxylic acids is 1. The first-order chi connectivity index (χ1) is 12.1. The molecule has 0 spiro atoms. The van der Waals surface area contributed by atoms with Crippen molar-refractivity contribution in [2.24, 2.45) is 14.1 Å². The molecular formula is C17H19N5O3. The van der Waals surface area contributed by atoms with E-state index in [-0.39, 0.29) is 18.1 Å². The molecule has 3 heterocycles. The summed E-state index contributed by atoms with van der Waals surface area (Å²) in [6, 6.07) is 5.29. The molecule has 2 atom stereocenters. The predicted molar refractivity (Wildman–Crippen MR) is 90.4 cm³/mol. The van der Waals surface area contributed by atoms with Gasteiger partial charge in [-0.25, -0.2) is 4.98 Å². The van der Waals surface area contributed by atoms with Gasteiger partial charge < -0.3 is 19.4 Å². The third kappa shape index (κ3) is 2.96. The number of carbonyl (C=O) groups is 1. The van der Waals surface area contributed by atoms with Crippen molar-refractivity contribution in [3.05, 3.63) is 42.5 Å². The third-order valence-corrected chi connectivity index (χ3v) is 4.30. The molecule has 1 aliphatic rings. The summed E-state index contributed by atoms with van der Waals surface area (Å²) >= 11 is 0. The fraction of sp³-hybridized carbons (Fsp3) is 0.353. The van der Waals surface area contributed by atoms with E-state index >= 15 is 0 Å². The summed E-state index contributed by atoms with van der Waals surface area (Å²) in [5, 5.41) is 7.11. The Hall–Kier alpha value is -2.87. The highest BCUT2D eigenvalue weighted by Gasteiger charge is 2.32. The zero-order valence-corrected chi connectivity index (χ0v) is 14.0. The van der Waals surface area contributed by atoms with Crippen LogP contribution in [0.15, 0.2) is 36.9 Å². The molecule has 0 aliphatic carbocycles. The highest BCUT2D eigenvalue weighted by atomic mass is 16.5. The van der Waals surface area contributed by atoms with Crippen molar-refractivity contribution >= 4 is 16.9 Å². The summed E-state index contributed by atoms with van der Waals surface area (Å²) in [6.45, 7) is 0.841. The highest BCUT2D eigenvalue weighted by Crippen LogP contribution is 2.19. The molecule has 1 amide bonds. The number of benzene rings is 1. The summed E-state index contributed by atoms with van der Waals surface area (Å²) in [7, 11) is 3.70. The summed E-state index contributed by atoms with van der Waals surface area (Å²) in [5.41, 5.74) is 2.19. The third-order valence-electron chi connectivity index (χ3n) is 4.30. The number of nitrogens with one attached hydrogen (secondary N) is 1. The molecule has 4 rings (SSSR count). The SMILES string of the molecule is Cn1cc(O[C@@H]2COC[C@@H]2NC(=O)c2cccc3ncn(C)c23)cn1. The van der Waals surface area contributed by atoms with Crippen LogP contribution in [0.25, 0.3) is 11.0 Å². The number of nitrogens with zero attached hydrogens (tertiary/aromatic N) is 4. The second-order valence-electron chi connectivity index (χ2n) is 6.15. The van der Waals surface area contributed by atoms with Gasteiger partial charge in [-0.1, -0.05) is 6.07 Å². The van der Waals surface area contributed by atoms with Gasteiger partial charge in [0.1, 0.15) is 6.10 Å². The lowest BCUT2D eigenvalue weighted by Crippen LogP contribution is -2.45. The average Bonchev–Trinajstić information content (AvgIpc) is 3.30. The smallest absolute Gasteiger partial charge is 0.253 e. The first kappa shape index (κ1) is 15.6. The minimum Gasteiger partial charge on any atom is -0.482 e. The molecule has 1 saturated heterocycles. The fourth-order valence-electron chi connectivity index (χ4n) is 3.06. The van der Waals surface area contributed by atoms with Gasteiger partial charge in [-0.2, -0.15) is 5.10 Å². The van der Waals surface area contributed by atoms with Crippen molar-refractivity contribution < 1.29 is 14.3 Å². The lowest BCUT2D eigenvalue weighted by atomic mass is 10.1. The molecule has 1 aliphatic heterocycles. The molecule has 1 fully saturated rings. The van der Waals surface area contributed by atoms with Crippen LogP contribution in [0.4, 0.5) is 0 Å². The Kier molecular flexibility index (Phi) is 3.89. The quantitative estimate of drug-likeness (QED) is 0.762. The minimum absolute atomic E-state index is 0.163. The second kappa shape index (κ2) is 6.21. The predicted octanol–water partition coefficient (Wildman–Crippen LogP) is 0.883. The van der Waals surface area contributed by atoms with Gasteiger partial charge in [-0.3, -0.25) is 9.48 Å². The maximum Gasteiger partial charge on any atom is 0.253 e. The Balaban J connectivity index is 1.52. The molecule has 0 radical (unpaired) electrons. The van der Waals surface area contributed by atoms with Crippen LogP contribution in [0.2, 0.25) is 0 Å². The number of ether oxygens (including phenoxy) is 2. The van der Waals surface area contributed by atoms with Crippen LogP contribution in [0, 0.1) is 0 Å². The van der Waals surface area contributed by atoms with E-state index in [0.717, 1.165) is 11.0 Å². The molecule has 0 bridgehead atoms. The number of para-hydroxylation sites is 1. The first-order valence-electron chi connectivity index (χ1n) is 8.06. The zero-order valence-electron chi connectivity index (χ0n) is 14.0. The number of fused-ring (bicyclic) bond motifs is 1. The van der Waals surface area contributed by atoms with E-state index in [9.17, 15) is 4.79 Å². The number of hydrogen-bond acceptors (Lipinski definition) is 5. The van der Waals surface area contributed by atoms with Gasteiger partial charge in [0, 0.05) is 14.1 Å². The Morgan fingerprint density at radius 1 is 1.36 bits per heavy atom. The topological polar surface area (TPSA) is 83.2 Å². The normalized spacial score (nSPS) is 20.1. The average molecular weight is 341 g/mol. The Morgan fingerprint density at radius 2 is 2.24 bits per heavy atom. The Bertz CT molecular complexity index is 916. The summed E-state index contributed by atoms with van der Waals surface area (Å²) in [5.74, 6) is 0.496. The molecule has 130 valence electrons. The van der Waals surface area contributed by atoms with Crippen molar-refractivity contribution in [2.75, 3.05) is 13.2 Å². The van der Waals surface area contributed by atoms with Gasteiger partial charge in [0.2, 0.25) is 0 Å². The standard InChI is InChI=1S/C17H19N5O3/c1-21-10-18-13-5-3-4-12(16(13)21)17(23)20-14-8-24-9-15(14)25-11-6-19-22(2)7-11/h3-7,10,14-15H,8-9H2,1-2H3,(H,20,23)/t14-,15+/m0/s1. The molecule has 0 saturated carbocycles. The van der Waals surface area contributed by atoms with Gasteiger partial charge in [0.15, 0.2) is 5.75 Å². The highest BCUT2D eigenvalue weighted by molar-refractivity contribution is 6.05. The van der Waals surface area contributed by atoms with Crippen molar-refractivity contribution in [1.29, 1.82) is 0 Å². The van der Waals surface area contributed by atoms with Crippen LogP contribution in [0.1, 0.15) is 10.4 Å². The number of imidazole rings is 1. The van der Waals surface area contributed by atoms with E-state index in [1.54, 1.807) is 29.5 Å². The first-order valence-corrected chi connectivity index (χ1v) is 8.06. The maximum absolute atomic E-state index is 12.8. The monoisotopic (exact) mass is 341 g/mol. The van der Waals surface area contributed by atoms with Crippen LogP contribution in [0.5, 0.6) is 5.75 Å². The largest absolute Gasteiger partial charge is 0.482 e. The van der Waals surface area contributed by atoms with Gasteiger partial charge in [-0.15, -0.1) is 0 Å². The van der Waals surface area contributed by atoms with Gasteiger partial charge >= 0.3 is 0 Å². The Labute approximate surface area is 144 Å². The van der Waals surface area contributed by atoms with Crippen LogP contribution in [-0.2, 0) is 18.8 Å². The molecule has 3 aromatic rings. The molecular weight excluding hydrogens is 322 g/mol. The Morgan fingerprint density at radius 3 is 3.04 bits per heavy atom. The number of amides is 1. The zero-order chi connectivity index (χ0) is 17.4. The van der Waals surface area contributed by atoms with Crippen molar-refractivity contribution in [2.45, 2.75) is 12.1 Å². The van der Waals surface area contributed by atoms with E-state index in [0.29, 0.717) is 24.5 Å². The van der Waals surface area contributed by atoms with E-state index < -0.39 is 0 Å². The fourth-order valence-corrected chi connectivity index (χ4v) is 3.06. The van der Waals surface area contributed by atoms with Gasteiger partial charge in [0.05, 0.1) is 54.6 Å². The van der Waals surface area contributed by atoms with Crippen LogP contribution >= 0.6 is 0 Å². The number of rotatable bonds is 4. The van der Waals surface area contributed by atoms with Crippen molar-refractivity contribution in [3.8, 4) is 5.75 Å². The second-order valence-corrected chi connectivity index (χ2v) is 6.15. The number of aromatic nitrogens is 4. The lowest BCUT2D eigenvalue weighted by Gasteiger charge is -2.20. The molecule has 1 N–H and O–H groups in total. The summed E-state index contributed by atoms with van der Waals surface area (Å²) < 4.78 is 14.9. The minimum atomic E-state index is -0.251. The van der Waals surface area contributed by atoms with Crippen LogP contribution in [0.3, 0.4) is 0 Å². The van der Waals surface area contributed by atoms with E-state index in [1.807, 2.05) is 30.8 Å². The van der Waals surface area contributed by atoms with Crippen molar-refractivity contribution in [1.82, 2.24) is 24.6 Å². The summed E-state index contributed by atoms with van der Waals surface area (Å²) in [4.78, 5) is 17.1. The molecule has 0 unspecified atom stereocenters. The van der Waals surface area contributed by atoms with E-state index in [1.165, 1.54) is 0 Å². The van der Waals surface area contributed by atoms with Crippen LogP contribution in [-0.4, -0.2) is 50.6 Å². The van der Waals surface area contributed by atoms with E-state index in [2.05, 4.69) is 15.4 Å². The summed E-state index contributed by atoms with van der Waals surface area (Å²) in [6.07, 6.45) is 4.88. The maximum atomic E-state index is 12.8.